The molecular weight excluding hydrogens is 291 g/mol. The summed E-state index contributed by atoms with van der Waals surface area (Å²) in [4.78, 5) is 16.6. The summed E-state index contributed by atoms with van der Waals surface area (Å²) in [6.07, 6.45) is 1.47. The van der Waals surface area contributed by atoms with Crippen molar-refractivity contribution in [2.75, 3.05) is 0 Å². The summed E-state index contributed by atoms with van der Waals surface area (Å²) in [6.45, 7) is 5.89. The maximum Gasteiger partial charge on any atom is 0.223 e. The van der Waals surface area contributed by atoms with Gasteiger partial charge in [-0.25, -0.2) is 19.9 Å². The van der Waals surface area contributed by atoms with Gasteiger partial charge in [-0.05, 0) is 49.7 Å². The average molecular weight is 301 g/mol. The number of aromatic nitrogens is 4. The molecule has 0 fully saturated rings. The lowest BCUT2D eigenvalue weighted by Crippen LogP contribution is -1.98. The lowest BCUT2D eigenvalue weighted by atomic mass is 10.2. The van der Waals surface area contributed by atoms with Crippen LogP contribution < -0.4 is 0 Å². The molecule has 2 aromatic rings. The number of hydrogen-bond donors (Lipinski definition) is 0. The largest absolute Gasteiger partial charge is 0.227 e. The molecule has 0 aromatic carbocycles. The summed E-state index contributed by atoms with van der Waals surface area (Å²) < 4.78 is 0. The molecule has 0 radical (unpaired) electrons. The number of nitrogens with zero attached hydrogens (tertiary/aromatic N) is 4. The minimum Gasteiger partial charge on any atom is -0.227 e. The van der Waals surface area contributed by atoms with Gasteiger partial charge < -0.3 is 0 Å². The van der Waals surface area contributed by atoms with Crippen LogP contribution in [-0.2, 0) is 0 Å². The Hall–Kier alpha value is -0.910. The lowest BCUT2D eigenvalue weighted by molar-refractivity contribution is 0.877. The molecule has 0 aliphatic rings. The Bertz CT molecular complexity index is 581. The van der Waals surface area contributed by atoms with Crippen LogP contribution in [0.3, 0.4) is 0 Å². The third-order valence-corrected chi connectivity index (χ3v) is 3.92. The van der Waals surface area contributed by atoms with E-state index in [4.69, 9.17) is 23.2 Å². The van der Waals surface area contributed by atoms with Crippen LogP contribution in [0, 0.1) is 20.8 Å². The highest BCUT2D eigenvalue weighted by Crippen LogP contribution is 2.30. The zero-order chi connectivity index (χ0) is 13.3. The fourth-order valence-electron chi connectivity index (χ4n) is 1.28. The van der Waals surface area contributed by atoms with E-state index in [9.17, 15) is 0 Å². The van der Waals surface area contributed by atoms with Crippen molar-refractivity contribution in [1.82, 2.24) is 19.9 Å². The molecule has 0 saturated heterocycles. The summed E-state index contributed by atoms with van der Waals surface area (Å²) >= 11 is 13.0. The maximum atomic E-state index is 6.00. The molecule has 18 heavy (non-hydrogen) atoms. The second-order valence-corrected chi connectivity index (χ2v) is 5.40. The van der Waals surface area contributed by atoms with Gasteiger partial charge in [0.2, 0.25) is 5.28 Å². The summed E-state index contributed by atoms with van der Waals surface area (Å²) in [6, 6.07) is 0. The van der Waals surface area contributed by atoms with Crippen LogP contribution >= 0.6 is 35.0 Å². The Morgan fingerprint density at radius 3 is 2.22 bits per heavy atom. The van der Waals surface area contributed by atoms with E-state index >= 15 is 0 Å². The van der Waals surface area contributed by atoms with Gasteiger partial charge in [0.1, 0.15) is 5.03 Å². The molecule has 0 bridgehead atoms. The molecule has 0 spiro atoms. The molecule has 0 saturated carbocycles. The number of rotatable bonds is 2. The van der Waals surface area contributed by atoms with E-state index in [0.717, 1.165) is 17.0 Å². The molecule has 2 heterocycles. The third-order valence-electron chi connectivity index (χ3n) is 2.48. The second kappa shape index (κ2) is 5.38. The lowest BCUT2D eigenvalue weighted by Gasteiger charge is -2.07. The van der Waals surface area contributed by atoms with E-state index in [1.165, 1.54) is 18.0 Å². The second-order valence-electron chi connectivity index (χ2n) is 3.70. The molecule has 0 unspecified atom stereocenters. The molecular formula is C11H10Cl2N4S. The summed E-state index contributed by atoms with van der Waals surface area (Å²) in [5, 5.41) is 1.75. The third kappa shape index (κ3) is 2.91. The first-order chi connectivity index (χ1) is 8.47. The van der Waals surface area contributed by atoms with Gasteiger partial charge in [-0.1, -0.05) is 11.6 Å². The first kappa shape index (κ1) is 13.5. The van der Waals surface area contributed by atoms with Gasteiger partial charge >= 0.3 is 0 Å². The quantitative estimate of drug-likeness (QED) is 0.626. The molecule has 7 heteroatoms. The molecule has 0 atom stereocenters. The molecule has 2 aromatic heterocycles. The van der Waals surface area contributed by atoms with Crippen LogP contribution in [0.4, 0.5) is 0 Å². The Balaban J connectivity index is 2.37. The highest BCUT2D eigenvalue weighted by atomic mass is 35.5. The van der Waals surface area contributed by atoms with Gasteiger partial charge in [0, 0.05) is 11.4 Å². The van der Waals surface area contributed by atoms with Crippen LogP contribution in [-0.4, -0.2) is 19.9 Å². The molecule has 0 N–H and O–H groups in total. The SMILES string of the molecule is Cc1nc(Sc2nc(Cl)ncc2Cl)nc(C)c1C. The average Bonchev–Trinajstić information content (AvgIpc) is 2.31. The minimum absolute atomic E-state index is 0.155. The molecule has 0 aliphatic heterocycles. The predicted octanol–water partition coefficient (Wildman–Crippen LogP) is 3.65. The smallest absolute Gasteiger partial charge is 0.223 e. The maximum absolute atomic E-state index is 6.00. The van der Waals surface area contributed by atoms with Gasteiger partial charge in [-0.3, -0.25) is 0 Å². The van der Waals surface area contributed by atoms with Crippen LogP contribution in [0.2, 0.25) is 10.3 Å². The molecule has 2 rings (SSSR count). The topological polar surface area (TPSA) is 51.6 Å². The van der Waals surface area contributed by atoms with E-state index in [1.54, 1.807) is 0 Å². The minimum atomic E-state index is 0.155. The van der Waals surface area contributed by atoms with Crippen molar-refractivity contribution in [2.45, 2.75) is 31.0 Å². The zero-order valence-electron chi connectivity index (χ0n) is 10.0. The van der Waals surface area contributed by atoms with Crippen molar-refractivity contribution in [3.8, 4) is 0 Å². The molecule has 94 valence electrons. The van der Waals surface area contributed by atoms with Crippen LogP contribution in [0.15, 0.2) is 16.4 Å². The fraction of sp³-hybridized carbons (Fsp3) is 0.273. The zero-order valence-corrected chi connectivity index (χ0v) is 12.4. The van der Waals surface area contributed by atoms with Gasteiger partial charge in [0.05, 0.1) is 11.2 Å². The van der Waals surface area contributed by atoms with Gasteiger partial charge in [-0.15, -0.1) is 0 Å². The van der Waals surface area contributed by atoms with Crippen LogP contribution in [0.5, 0.6) is 0 Å². The molecule has 0 aliphatic carbocycles. The summed E-state index contributed by atoms with van der Waals surface area (Å²) in [5.74, 6) is 0. The monoisotopic (exact) mass is 300 g/mol. The van der Waals surface area contributed by atoms with Crippen LogP contribution in [0.1, 0.15) is 17.0 Å². The summed E-state index contributed by atoms with van der Waals surface area (Å²) in [5.41, 5.74) is 2.98. The van der Waals surface area contributed by atoms with Crippen molar-refractivity contribution in [2.24, 2.45) is 0 Å². The Labute approximate surface area is 119 Å². The van der Waals surface area contributed by atoms with Gasteiger partial charge in [0.15, 0.2) is 5.16 Å². The van der Waals surface area contributed by atoms with E-state index in [-0.39, 0.29) is 5.28 Å². The standard InChI is InChI=1S/C11H10Cl2N4S/c1-5-6(2)15-11(16-7(5)3)18-9-8(12)4-14-10(13)17-9/h4H,1-3H3. The molecule has 0 amide bonds. The van der Waals surface area contributed by atoms with Gasteiger partial charge in [0.25, 0.3) is 0 Å². The van der Waals surface area contributed by atoms with Crippen molar-refractivity contribution >= 4 is 35.0 Å². The van der Waals surface area contributed by atoms with Crippen molar-refractivity contribution in [1.29, 1.82) is 0 Å². The van der Waals surface area contributed by atoms with E-state index in [2.05, 4.69) is 19.9 Å². The molecule has 4 nitrogen and oxygen atoms in total. The number of hydrogen-bond acceptors (Lipinski definition) is 5. The summed E-state index contributed by atoms with van der Waals surface area (Å²) in [7, 11) is 0. The highest BCUT2D eigenvalue weighted by Gasteiger charge is 2.11. The van der Waals surface area contributed by atoms with Gasteiger partial charge in [-0.2, -0.15) is 0 Å². The van der Waals surface area contributed by atoms with E-state index < -0.39 is 0 Å². The first-order valence-electron chi connectivity index (χ1n) is 5.15. The Kier molecular flexibility index (Phi) is 4.04. The predicted molar refractivity (Wildman–Crippen MR) is 72.4 cm³/mol. The highest BCUT2D eigenvalue weighted by molar-refractivity contribution is 7.99. The number of halogens is 2. The normalized spacial score (nSPS) is 10.7. The van der Waals surface area contributed by atoms with E-state index in [0.29, 0.717) is 15.2 Å². The fourth-order valence-corrected chi connectivity index (χ4v) is 2.49. The Morgan fingerprint density at radius 1 is 1.00 bits per heavy atom. The van der Waals surface area contributed by atoms with Crippen molar-refractivity contribution < 1.29 is 0 Å². The number of aryl methyl sites for hydroxylation is 2. The van der Waals surface area contributed by atoms with Crippen molar-refractivity contribution in [3.63, 3.8) is 0 Å². The van der Waals surface area contributed by atoms with Crippen LogP contribution in [0.25, 0.3) is 0 Å². The van der Waals surface area contributed by atoms with Crippen molar-refractivity contribution in [3.05, 3.63) is 33.5 Å². The van der Waals surface area contributed by atoms with E-state index in [1.807, 2.05) is 20.8 Å². The Morgan fingerprint density at radius 2 is 1.61 bits per heavy atom. The first-order valence-corrected chi connectivity index (χ1v) is 6.72.